The molecule has 1 N–H and O–H groups in total. The molecule has 16 heavy (non-hydrogen) atoms. The Balaban J connectivity index is 2.07. The van der Waals surface area contributed by atoms with Gasteiger partial charge in [0.1, 0.15) is 5.60 Å². The summed E-state index contributed by atoms with van der Waals surface area (Å²) in [4.78, 5) is 12.2. The highest BCUT2D eigenvalue weighted by Crippen LogP contribution is 2.64. The Bertz CT molecular complexity index is 466. The van der Waals surface area contributed by atoms with Gasteiger partial charge in [-0.05, 0) is 24.8 Å². The molecule has 0 aromatic heterocycles. The van der Waals surface area contributed by atoms with E-state index >= 15 is 0 Å². The number of fused-ring (bicyclic) bond motifs is 2. The number of carbonyl (C=O) groups is 1. The van der Waals surface area contributed by atoms with Crippen molar-refractivity contribution in [2.45, 2.75) is 38.2 Å². The lowest BCUT2D eigenvalue weighted by molar-refractivity contribution is 0.0515. The summed E-state index contributed by atoms with van der Waals surface area (Å²) in [5.41, 5.74) is 0.655. The van der Waals surface area contributed by atoms with Gasteiger partial charge in [0.05, 0.1) is 0 Å². The van der Waals surface area contributed by atoms with Crippen LogP contribution in [0.2, 0.25) is 0 Å². The summed E-state index contributed by atoms with van der Waals surface area (Å²) in [6.45, 7) is 2.11. The molecule has 2 aliphatic rings. The van der Waals surface area contributed by atoms with Gasteiger partial charge in [0, 0.05) is 11.0 Å². The molecule has 2 heteroatoms. The van der Waals surface area contributed by atoms with Crippen LogP contribution in [0.5, 0.6) is 0 Å². The predicted molar refractivity (Wildman–Crippen MR) is 61.4 cm³/mol. The molecule has 1 aromatic carbocycles. The molecular weight excluding hydrogens is 200 g/mol. The van der Waals surface area contributed by atoms with Crippen LogP contribution in [0.3, 0.4) is 0 Å². The summed E-state index contributed by atoms with van der Waals surface area (Å²) in [6, 6.07) is 7.69. The molecule has 1 aromatic rings. The predicted octanol–water partition coefficient (Wildman–Crippen LogP) is 2.35. The monoisotopic (exact) mass is 216 g/mol. The molecule has 2 aliphatic carbocycles. The van der Waals surface area contributed by atoms with Crippen LogP contribution < -0.4 is 0 Å². The lowest BCUT2D eigenvalue weighted by atomic mass is 9.78. The lowest BCUT2D eigenvalue weighted by Crippen LogP contribution is -2.36. The van der Waals surface area contributed by atoms with Crippen molar-refractivity contribution >= 4 is 5.78 Å². The Morgan fingerprint density at radius 1 is 1.38 bits per heavy atom. The van der Waals surface area contributed by atoms with Gasteiger partial charge in [0.25, 0.3) is 0 Å². The Morgan fingerprint density at radius 2 is 2.12 bits per heavy atom. The molecule has 1 fully saturated rings. The minimum absolute atomic E-state index is 0.0530. The van der Waals surface area contributed by atoms with Crippen molar-refractivity contribution in [3.63, 3.8) is 0 Å². The Labute approximate surface area is 95.3 Å². The van der Waals surface area contributed by atoms with E-state index < -0.39 is 5.60 Å². The van der Waals surface area contributed by atoms with Gasteiger partial charge in [0.15, 0.2) is 5.78 Å². The molecule has 0 bridgehead atoms. The molecule has 0 amide bonds. The van der Waals surface area contributed by atoms with Gasteiger partial charge in [-0.15, -0.1) is 0 Å². The van der Waals surface area contributed by atoms with Crippen LogP contribution in [-0.2, 0) is 6.42 Å². The molecule has 3 rings (SSSR count). The molecule has 1 saturated carbocycles. The number of aliphatic hydroxyl groups is 1. The van der Waals surface area contributed by atoms with Gasteiger partial charge >= 0.3 is 0 Å². The van der Waals surface area contributed by atoms with Crippen molar-refractivity contribution < 1.29 is 9.90 Å². The van der Waals surface area contributed by atoms with E-state index in [0.717, 1.165) is 30.4 Å². The number of ketones is 1. The van der Waals surface area contributed by atoms with Crippen LogP contribution in [0.1, 0.15) is 42.1 Å². The van der Waals surface area contributed by atoms with Gasteiger partial charge in [-0.2, -0.15) is 0 Å². The standard InChI is InChI=1S/C14H16O2/c1-2-7-13-8-10-5-3-4-6-11(10)12(15)14(13,16)9-13/h3-6,16H,2,7-9H2,1H3. The Hall–Kier alpha value is -1.15. The largest absolute Gasteiger partial charge is 0.381 e. The number of hydrogen-bond donors (Lipinski definition) is 1. The summed E-state index contributed by atoms with van der Waals surface area (Å²) in [5.74, 6) is -0.0530. The van der Waals surface area contributed by atoms with E-state index in [4.69, 9.17) is 0 Å². The second-order valence-electron chi connectivity index (χ2n) is 5.23. The van der Waals surface area contributed by atoms with E-state index in [2.05, 4.69) is 6.92 Å². The average molecular weight is 216 g/mol. The number of benzene rings is 1. The van der Waals surface area contributed by atoms with Gasteiger partial charge in [-0.25, -0.2) is 0 Å². The molecule has 0 aliphatic heterocycles. The zero-order chi connectivity index (χ0) is 11.4. The first-order valence-electron chi connectivity index (χ1n) is 5.98. The van der Waals surface area contributed by atoms with Crippen LogP contribution in [0, 0.1) is 5.41 Å². The van der Waals surface area contributed by atoms with E-state index in [1.54, 1.807) is 0 Å². The maximum Gasteiger partial charge on any atom is 0.195 e. The maximum atomic E-state index is 12.2. The first kappa shape index (κ1) is 10.0. The van der Waals surface area contributed by atoms with Crippen molar-refractivity contribution in [1.29, 1.82) is 0 Å². The topological polar surface area (TPSA) is 37.3 Å². The number of Topliss-reactive ketones (excluding diaryl/α,β-unsaturated/α-hetero) is 1. The van der Waals surface area contributed by atoms with Crippen LogP contribution >= 0.6 is 0 Å². The fourth-order valence-electron chi connectivity index (χ4n) is 3.32. The van der Waals surface area contributed by atoms with E-state index in [0.29, 0.717) is 6.42 Å². The van der Waals surface area contributed by atoms with E-state index in [-0.39, 0.29) is 11.2 Å². The van der Waals surface area contributed by atoms with Gasteiger partial charge in [-0.3, -0.25) is 4.79 Å². The van der Waals surface area contributed by atoms with Gasteiger partial charge in [-0.1, -0.05) is 37.6 Å². The summed E-state index contributed by atoms with van der Waals surface area (Å²) >= 11 is 0. The second kappa shape index (κ2) is 2.95. The van der Waals surface area contributed by atoms with Crippen LogP contribution in [0.25, 0.3) is 0 Å². The Morgan fingerprint density at radius 3 is 2.88 bits per heavy atom. The van der Waals surface area contributed by atoms with Crippen molar-refractivity contribution in [2.24, 2.45) is 5.41 Å². The highest BCUT2D eigenvalue weighted by Gasteiger charge is 2.72. The molecule has 0 heterocycles. The molecular formula is C14H16O2. The third kappa shape index (κ3) is 1.03. The zero-order valence-corrected chi connectivity index (χ0v) is 9.49. The molecule has 2 atom stereocenters. The maximum absolute atomic E-state index is 12.2. The van der Waals surface area contributed by atoms with Crippen LogP contribution in [0.15, 0.2) is 24.3 Å². The van der Waals surface area contributed by atoms with Gasteiger partial charge in [0.2, 0.25) is 0 Å². The lowest BCUT2D eigenvalue weighted by Gasteiger charge is -2.27. The molecule has 0 saturated heterocycles. The van der Waals surface area contributed by atoms with Crippen LogP contribution in [0.4, 0.5) is 0 Å². The number of carbonyl (C=O) groups excluding carboxylic acids is 1. The van der Waals surface area contributed by atoms with Crippen molar-refractivity contribution in [3.05, 3.63) is 35.4 Å². The quantitative estimate of drug-likeness (QED) is 0.824. The van der Waals surface area contributed by atoms with E-state index in [1.165, 1.54) is 0 Å². The van der Waals surface area contributed by atoms with Crippen molar-refractivity contribution in [3.8, 4) is 0 Å². The normalized spacial score (nSPS) is 35.5. The number of rotatable bonds is 2. The first-order valence-corrected chi connectivity index (χ1v) is 5.98. The van der Waals surface area contributed by atoms with Crippen molar-refractivity contribution in [1.82, 2.24) is 0 Å². The van der Waals surface area contributed by atoms with E-state index in [1.807, 2.05) is 24.3 Å². The number of hydrogen-bond acceptors (Lipinski definition) is 2. The fraction of sp³-hybridized carbons (Fsp3) is 0.500. The molecule has 0 radical (unpaired) electrons. The minimum Gasteiger partial charge on any atom is -0.381 e. The summed E-state index contributed by atoms with van der Waals surface area (Å²) in [5, 5.41) is 10.4. The molecule has 0 spiro atoms. The van der Waals surface area contributed by atoms with E-state index in [9.17, 15) is 9.90 Å². The first-order chi connectivity index (χ1) is 7.63. The summed E-state index contributed by atoms with van der Waals surface area (Å²) in [7, 11) is 0. The van der Waals surface area contributed by atoms with Crippen LogP contribution in [-0.4, -0.2) is 16.5 Å². The SMILES string of the molecule is CCCC12Cc3ccccc3C(=O)C1(O)C2. The highest BCUT2D eigenvalue weighted by atomic mass is 16.3. The second-order valence-corrected chi connectivity index (χ2v) is 5.23. The van der Waals surface area contributed by atoms with Crippen molar-refractivity contribution in [2.75, 3.05) is 0 Å². The molecule has 2 nitrogen and oxygen atoms in total. The Kier molecular flexibility index (Phi) is 1.85. The molecule has 2 unspecified atom stereocenters. The average Bonchev–Trinajstić information content (AvgIpc) is 2.86. The molecule has 84 valence electrons. The minimum atomic E-state index is -1.04. The third-order valence-electron chi connectivity index (χ3n) is 4.24. The zero-order valence-electron chi connectivity index (χ0n) is 9.49. The fourth-order valence-corrected chi connectivity index (χ4v) is 3.32. The van der Waals surface area contributed by atoms with Gasteiger partial charge < -0.3 is 5.11 Å². The summed E-state index contributed by atoms with van der Waals surface area (Å²) < 4.78 is 0. The smallest absolute Gasteiger partial charge is 0.195 e. The highest BCUT2D eigenvalue weighted by molar-refractivity contribution is 6.08. The summed E-state index contributed by atoms with van der Waals surface area (Å²) in [6.07, 6.45) is 3.49. The third-order valence-corrected chi connectivity index (χ3v) is 4.24.